The number of unbranched alkanes of at least 4 members (excludes halogenated alkanes) is 10. The monoisotopic (exact) mass is 619 g/mol. The first-order valence-corrected chi connectivity index (χ1v) is 18.7. The summed E-state index contributed by atoms with van der Waals surface area (Å²) >= 11 is 0. The van der Waals surface area contributed by atoms with Crippen LogP contribution in [0.2, 0.25) is 0 Å². The summed E-state index contributed by atoms with van der Waals surface area (Å²) in [5.41, 5.74) is 4.22. The normalized spacial score (nSPS) is 12.1. The van der Waals surface area contributed by atoms with Gasteiger partial charge in [0.05, 0.1) is 5.69 Å². The highest BCUT2D eigenvalue weighted by molar-refractivity contribution is 7.52. The third-order valence-electron chi connectivity index (χ3n) is 7.41. The van der Waals surface area contributed by atoms with Gasteiger partial charge in [0.25, 0.3) is 0 Å². The minimum absolute atomic E-state index is 0.00169. The van der Waals surface area contributed by atoms with Gasteiger partial charge in [-0.1, -0.05) is 44.6 Å². The third kappa shape index (κ3) is 14.3. The summed E-state index contributed by atoms with van der Waals surface area (Å²) in [5.74, 6) is 0. The number of hydrogen-bond donors (Lipinski definition) is 4. The van der Waals surface area contributed by atoms with Crippen molar-refractivity contribution in [2.24, 2.45) is 0 Å². The molecule has 0 aliphatic rings. The molecule has 0 aromatic carbocycles. The molecule has 0 amide bonds. The SMILES string of the molecule is O=P(O)(O)CCCCCCCC[n+]1ccc(-c2ccc(-c3cc[n+](CCCCCCCCP(=O)(O)O)cc3)nc2)cc1. The second-order valence-electron chi connectivity index (χ2n) is 11.1. The van der Waals surface area contributed by atoms with E-state index in [4.69, 9.17) is 24.6 Å². The van der Waals surface area contributed by atoms with Crippen LogP contribution < -0.4 is 9.13 Å². The fourth-order valence-electron chi connectivity index (χ4n) is 4.95. The van der Waals surface area contributed by atoms with Crippen LogP contribution in [0.1, 0.15) is 77.0 Å². The molecule has 230 valence electrons. The maximum Gasteiger partial charge on any atom is 0.325 e. The van der Waals surface area contributed by atoms with Crippen LogP contribution in [0, 0.1) is 0 Å². The molecule has 3 rings (SSSR count). The van der Waals surface area contributed by atoms with Gasteiger partial charge in [-0.2, -0.15) is 0 Å². The molecular weight excluding hydrogens is 572 g/mol. The van der Waals surface area contributed by atoms with Gasteiger partial charge in [-0.25, -0.2) is 9.13 Å². The summed E-state index contributed by atoms with van der Waals surface area (Å²) in [5, 5.41) is 0. The molecule has 9 nitrogen and oxygen atoms in total. The van der Waals surface area contributed by atoms with E-state index in [9.17, 15) is 9.13 Å². The van der Waals surface area contributed by atoms with Crippen molar-refractivity contribution in [3.05, 3.63) is 67.4 Å². The van der Waals surface area contributed by atoms with Crippen molar-refractivity contribution in [1.29, 1.82) is 0 Å². The predicted octanol–water partition coefficient (Wildman–Crippen LogP) is 6.03. The van der Waals surface area contributed by atoms with E-state index in [-0.39, 0.29) is 12.3 Å². The van der Waals surface area contributed by atoms with Crippen LogP contribution in [0.25, 0.3) is 22.4 Å². The lowest BCUT2D eigenvalue weighted by molar-refractivity contribution is -0.697. The molecule has 0 atom stereocenters. The first kappa shape index (κ1) is 34.2. The number of aryl methyl sites for hydroxylation is 2. The largest absolute Gasteiger partial charge is 0.325 e. The van der Waals surface area contributed by atoms with Crippen LogP contribution in [-0.2, 0) is 22.2 Å². The molecule has 11 heteroatoms. The molecule has 0 spiro atoms. The van der Waals surface area contributed by atoms with Gasteiger partial charge in [0.1, 0.15) is 13.1 Å². The van der Waals surface area contributed by atoms with E-state index in [2.05, 4.69) is 70.3 Å². The van der Waals surface area contributed by atoms with E-state index >= 15 is 0 Å². The van der Waals surface area contributed by atoms with Crippen molar-refractivity contribution in [2.75, 3.05) is 12.3 Å². The Bertz CT molecular complexity index is 1180. The highest BCUT2D eigenvalue weighted by Crippen LogP contribution is 2.36. The Morgan fingerprint density at radius 3 is 1.31 bits per heavy atom. The number of nitrogens with zero attached hydrogens (tertiary/aromatic N) is 3. The standard InChI is InChI=1S/C31H45N3O6P2/c35-41(36,37)25-11-7-3-1-5-9-19-33-21-15-28(16-22-33)30-13-14-31(32-27-30)29-17-23-34(24-18-29)20-10-6-2-4-8-12-26-42(38,39)40/h13-18,21-24,27H,1-12,19-20,25-26H2,(H2-2,35,36,37,38,39,40)/p+2. The first-order chi connectivity index (χ1) is 20.1. The van der Waals surface area contributed by atoms with Gasteiger partial charge in [0.15, 0.2) is 24.8 Å². The van der Waals surface area contributed by atoms with Gasteiger partial charge in [-0.3, -0.25) is 14.1 Å². The average molecular weight is 620 g/mol. The van der Waals surface area contributed by atoms with E-state index < -0.39 is 15.2 Å². The van der Waals surface area contributed by atoms with Crippen LogP contribution in [-0.4, -0.2) is 36.9 Å². The maximum absolute atomic E-state index is 10.9. The van der Waals surface area contributed by atoms with Crippen molar-refractivity contribution in [2.45, 2.75) is 90.1 Å². The second-order valence-corrected chi connectivity index (χ2v) is 14.7. The smallest absolute Gasteiger partial charge is 0.324 e. The molecule has 3 heterocycles. The van der Waals surface area contributed by atoms with Crippen molar-refractivity contribution in [3.63, 3.8) is 0 Å². The van der Waals surface area contributed by atoms with Gasteiger partial charge in [-0.15, -0.1) is 0 Å². The molecule has 0 unspecified atom stereocenters. The van der Waals surface area contributed by atoms with Crippen LogP contribution in [0.4, 0.5) is 0 Å². The van der Waals surface area contributed by atoms with E-state index in [0.29, 0.717) is 12.8 Å². The molecule has 0 aliphatic carbocycles. The van der Waals surface area contributed by atoms with Crippen LogP contribution in [0.3, 0.4) is 0 Å². The lowest BCUT2D eigenvalue weighted by Crippen LogP contribution is -2.32. The van der Waals surface area contributed by atoms with Crippen molar-refractivity contribution >= 4 is 15.2 Å². The van der Waals surface area contributed by atoms with Crippen molar-refractivity contribution < 1.29 is 37.8 Å². The topological polar surface area (TPSA) is 136 Å². The quantitative estimate of drug-likeness (QED) is 0.0689. The van der Waals surface area contributed by atoms with Gasteiger partial charge >= 0.3 is 15.2 Å². The molecule has 42 heavy (non-hydrogen) atoms. The van der Waals surface area contributed by atoms with Crippen molar-refractivity contribution in [1.82, 2.24) is 4.98 Å². The molecule has 4 N–H and O–H groups in total. The van der Waals surface area contributed by atoms with E-state index in [1.165, 1.54) is 0 Å². The second kappa shape index (κ2) is 17.8. The summed E-state index contributed by atoms with van der Waals surface area (Å²) in [6, 6.07) is 12.6. The van der Waals surface area contributed by atoms with E-state index in [0.717, 1.165) is 99.7 Å². The third-order valence-corrected chi connectivity index (χ3v) is 9.20. The van der Waals surface area contributed by atoms with Crippen LogP contribution >= 0.6 is 15.2 Å². The Morgan fingerprint density at radius 1 is 0.500 bits per heavy atom. The van der Waals surface area contributed by atoms with Gasteiger partial charge < -0.3 is 19.6 Å². The van der Waals surface area contributed by atoms with Crippen molar-refractivity contribution in [3.8, 4) is 22.4 Å². The molecule has 0 saturated heterocycles. The molecule has 0 aliphatic heterocycles. The molecule has 0 radical (unpaired) electrons. The molecule has 0 bridgehead atoms. The van der Waals surface area contributed by atoms with E-state index in [1.807, 2.05) is 6.20 Å². The Morgan fingerprint density at radius 2 is 0.905 bits per heavy atom. The minimum Gasteiger partial charge on any atom is -0.324 e. The number of aromatic nitrogens is 3. The van der Waals surface area contributed by atoms with Gasteiger partial charge in [0.2, 0.25) is 0 Å². The summed E-state index contributed by atoms with van der Waals surface area (Å²) in [7, 11) is -7.69. The van der Waals surface area contributed by atoms with Gasteiger partial charge in [-0.05, 0) is 37.3 Å². The Labute approximate surface area is 250 Å². The summed E-state index contributed by atoms with van der Waals surface area (Å²) in [4.78, 5) is 40.3. The fraction of sp³-hybridized carbons (Fsp3) is 0.516. The highest BCUT2D eigenvalue weighted by Gasteiger charge is 2.12. The first-order valence-electron chi connectivity index (χ1n) is 15.1. The fourth-order valence-corrected chi connectivity index (χ4v) is 6.22. The van der Waals surface area contributed by atoms with Crippen LogP contribution in [0.5, 0.6) is 0 Å². The molecule has 0 saturated carbocycles. The zero-order chi connectivity index (χ0) is 30.3. The summed E-state index contributed by atoms with van der Waals surface area (Å²) < 4.78 is 26.1. The van der Waals surface area contributed by atoms with Gasteiger partial charge in [0, 0.05) is 66.8 Å². The minimum atomic E-state index is -3.84. The molecule has 3 aromatic heterocycles. The van der Waals surface area contributed by atoms with E-state index in [1.54, 1.807) is 0 Å². The zero-order valence-corrected chi connectivity index (χ0v) is 26.3. The highest BCUT2D eigenvalue weighted by atomic mass is 31.2. The maximum atomic E-state index is 10.9. The van der Waals surface area contributed by atoms with Crippen LogP contribution in [0.15, 0.2) is 67.4 Å². The zero-order valence-electron chi connectivity index (χ0n) is 24.5. The summed E-state index contributed by atoms with van der Waals surface area (Å²) in [6.07, 6.45) is 21.8. The Hall–Kier alpha value is -2.25. The summed E-state index contributed by atoms with van der Waals surface area (Å²) in [6.45, 7) is 1.90. The number of pyridine rings is 3. The predicted molar refractivity (Wildman–Crippen MR) is 165 cm³/mol. The molecule has 0 fully saturated rings. The Balaban J connectivity index is 1.34. The number of hydrogen-bond acceptors (Lipinski definition) is 3. The molecular formula is C31H47N3O6P2+2. The number of rotatable bonds is 20. The lowest BCUT2D eigenvalue weighted by Gasteiger charge is -2.05. The molecule has 3 aromatic rings. The lowest BCUT2D eigenvalue weighted by atomic mass is 10.1. The average Bonchev–Trinajstić information content (AvgIpc) is 2.95. The Kier molecular flexibility index (Phi) is 14.5.